The van der Waals surface area contributed by atoms with Crippen LogP contribution in [0.1, 0.15) is 23.8 Å². The quantitative estimate of drug-likeness (QED) is 0.851. The number of para-hydroxylation sites is 1. The van der Waals surface area contributed by atoms with Gasteiger partial charge >= 0.3 is 0 Å². The van der Waals surface area contributed by atoms with Crippen LogP contribution in [0.3, 0.4) is 0 Å². The molecule has 0 aliphatic carbocycles. The zero-order valence-corrected chi connectivity index (χ0v) is 10.4. The molecule has 0 saturated carbocycles. The number of benzene rings is 1. The molecule has 5 heteroatoms. The number of nitrogens with one attached hydrogen (secondary N) is 1. The lowest BCUT2D eigenvalue weighted by Gasteiger charge is -2.38. The fourth-order valence-electron chi connectivity index (χ4n) is 2.32. The molecule has 4 nitrogen and oxygen atoms in total. The number of rotatable bonds is 1. The second-order valence-corrected chi connectivity index (χ2v) is 4.85. The topological polar surface area (TPSA) is 53.2 Å². The highest BCUT2D eigenvalue weighted by Crippen LogP contribution is 2.20. The highest BCUT2D eigenvalue weighted by Gasteiger charge is 2.29. The molecule has 1 amide bonds. The Morgan fingerprint density at radius 2 is 2.26 bits per heavy atom. The zero-order valence-electron chi connectivity index (χ0n) is 10.4. The Morgan fingerprint density at radius 3 is 2.89 bits per heavy atom. The summed E-state index contributed by atoms with van der Waals surface area (Å²) < 4.78 is 13.7. The number of hydrogen-bond donors (Lipinski definition) is 1. The molecule has 2 aromatic rings. The Morgan fingerprint density at radius 1 is 1.47 bits per heavy atom. The molecule has 1 aromatic heterocycles. The molecule has 3 rings (SSSR count). The number of halogens is 1. The van der Waals surface area contributed by atoms with Gasteiger partial charge in [0.2, 0.25) is 0 Å². The molecule has 2 heterocycles. The first kappa shape index (κ1) is 11.9. The summed E-state index contributed by atoms with van der Waals surface area (Å²) in [6.45, 7) is 2.62. The smallest absolute Gasteiger partial charge is 0.270 e. The van der Waals surface area contributed by atoms with E-state index in [0.717, 1.165) is 6.42 Å². The number of amides is 1. The second-order valence-electron chi connectivity index (χ2n) is 4.85. The van der Waals surface area contributed by atoms with Gasteiger partial charge in [-0.15, -0.1) is 0 Å². The number of aromatic nitrogens is 1. The number of hydrogen-bond acceptors (Lipinski definition) is 2. The lowest BCUT2D eigenvalue weighted by Crippen LogP contribution is -2.49. The van der Waals surface area contributed by atoms with Crippen molar-refractivity contribution in [2.45, 2.75) is 19.4 Å². The molecule has 1 aromatic carbocycles. The van der Waals surface area contributed by atoms with Crippen molar-refractivity contribution < 1.29 is 9.18 Å². The SMILES string of the molecule is CC1CCN1C(=O)c1cc(=O)c2cccc(F)c2[nH]1. The van der Waals surface area contributed by atoms with Crippen molar-refractivity contribution in [2.75, 3.05) is 6.54 Å². The molecule has 98 valence electrons. The first-order valence-electron chi connectivity index (χ1n) is 6.20. The van der Waals surface area contributed by atoms with Crippen LogP contribution >= 0.6 is 0 Å². The molecular formula is C14H13FN2O2. The van der Waals surface area contributed by atoms with Gasteiger partial charge in [-0.25, -0.2) is 4.39 Å². The molecule has 1 fully saturated rings. The van der Waals surface area contributed by atoms with Crippen LogP contribution in [0.15, 0.2) is 29.1 Å². The second kappa shape index (κ2) is 4.19. The van der Waals surface area contributed by atoms with Crippen molar-refractivity contribution in [1.29, 1.82) is 0 Å². The summed E-state index contributed by atoms with van der Waals surface area (Å²) in [7, 11) is 0. The molecule has 1 N–H and O–H groups in total. The Balaban J connectivity index is 2.13. The van der Waals surface area contributed by atoms with E-state index in [2.05, 4.69) is 4.98 Å². The fourth-order valence-corrected chi connectivity index (χ4v) is 2.32. The Labute approximate surface area is 108 Å². The number of H-pyrrole nitrogens is 1. The summed E-state index contributed by atoms with van der Waals surface area (Å²) in [6, 6.07) is 5.70. The molecular weight excluding hydrogens is 247 g/mol. The minimum Gasteiger partial charge on any atom is -0.348 e. The molecule has 1 atom stereocenters. The van der Waals surface area contributed by atoms with Gasteiger partial charge in [0.1, 0.15) is 11.5 Å². The number of aromatic amines is 1. The van der Waals surface area contributed by atoms with Crippen LogP contribution in [0.5, 0.6) is 0 Å². The van der Waals surface area contributed by atoms with Crippen molar-refractivity contribution in [3.05, 3.63) is 46.0 Å². The highest BCUT2D eigenvalue weighted by atomic mass is 19.1. The predicted octanol–water partition coefficient (Wildman–Crippen LogP) is 1.90. The summed E-state index contributed by atoms with van der Waals surface area (Å²) >= 11 is 0. The van der Waals surface area contributed by atoms with E-state index in [4.69, 9.17) is 0 Å². The van der Waals surface area contributed by atoms with E-state index in [1.54, 1.807) is 4.90 Å². The van der Waals surface area contributed by atoms with E-state index >= 15 is 0 Å². The first-order chi connectivity index (χ1) is 9.08. The normalized spacial score (nSPS) is 18.4. The highest BCUT2D eigenvalue weighted by molar-refractivity contribution is 5.95. The van der Waals surface area contributed by atoms with E-state index in [0.29, 0.717) is 6.54 Å². The van der Waals surface area contributed by atoms with Crippen molar-refractivity contribution >= 4 is 16.8 Å². The number of likely N-dealkylation sites (tertiary alicyclic amines) is 1. The molecule has 0 spiro atoms. The van der Waals surface area contributed by atoms with Crippen LogP contribution in [0.4, 0.5) is 4.39 Å². The largest absolute Gasteiger partial charge is 0.348 e. The number of fused-ring (bicyclic) bond motifs is 1. The van der Waals surface area contributed by atoms with Gasteiger partial charge in [0.25, 0.3) is 5.91 Å². The molecule has 1 aliphatic rings. The summed E-state index contributed by atoms with van der Waals surface area (Å²) in [5, 5.41) is 0.258. The Kier molecular flexibility index (Phi) is 2.62. The minimum atomic E-state index is -0.527. The zero-order chi connectivity index (χ0) is 13.6. The average Bonchev–Trinajstić information content (AvgIpc) is 2.38. The van der Waals surface area contributed by atoms with E-state index < -0.39 is 5.82 Å². The number of carbonyl (C=O) groups is 1. The molecule has 0 bridgehead atoms. The van der Waals surface area contributed by atoms with Crippen molar-refractivity contribution in [1.82, 2.24) is 9.88 Å². The van der Waals surface area contributed by atoms with Gasteiger partial charge < -0.3 is 9.88 Å². The summed E-state index contributed by atoms with van der Waals surface area (Å²) in [6.07, 6.45) is 0.956. The molecule has 1 unspecified atom stereocenters. The monoisotopic (exact) mass is 260 g/mol. The van der Waals surface area contributed by atoms with E-state index in [1.807, 2.05) is 6.92 Å². The lowest BCUT2D eigenvalue weighted by atomic mass is 10.0. The molecule has 1 saturated heterocycles. The maximum atomic E-state index is 13.7. The van der Waals surface area contributed by atoms with Gasteiger partial charge in [0.15, 0.2) is 5.43 Å². The summed E-state index contributed by atoms with van der Waals surface area (Å²) in [4.78, 5) is 28.5. The summed E-state index contributed by atoms with van der Waals surface area (Å²) in [5.41, 5.74) is -0.106. The third kappa shape index (κ3) is 1.82. The van der Waals surface area contributed by atoms with Crippen LogP contribution in [0.25, 0.3) is 10.9 Å². The number of carbonyl (C=O) groups excluding carboxylic acids is 1. The fraction of sp³-hybridized carbons (Fsp3) is 0.286. The molecule has 19 heavy (non-hydrogen) atoms. The van der Waals surface area contributed by atoms with Crippen LogP contribution in [-0.4, -0.2) is 28.4 Å². The van der Waals surface area contributed by atoms with Gasteiger partial charge in [-0.05, 0) is 25.5 Å². The van der Waals surface area contributed by atoms with Gasteiger partial charge in [-0.1, -0.05) is 6.07 Å². The van der Waals surface area contributed by atoms with Crippen LogP contribution in [0.2, 0.25) is 0 Å². The van der Waals surface area contributed by atoms with Crippen LogP contribution in [0, 0.1) is 5.82 Å². The van der Waals surface area contributed by atoms with Gasteiger partial charge in [0, 0.05) is 24.0 Å². The number of pyridine rings is 1. The van der Waals surface area contributed by atoms with Crippen molar-refractivity contribution in [3.8, 4) is 0 Å². The number of nitrogens with zero attached hydrogens (tertiary/aromatic N) is 1. The standard InChI is InChI=1S/C14H13FN2O2/c1-8-5-6-17(8)14(19)11-7-12(18)9-3-2-4-10(15)13(9)16-11/h2-4,7-8H,5-6H2,1H3,(H,16,18). The maximum absolute atomic E-state index is 13.7. The van der Waals surface area contributed by atoms with Gasteiger partial charge in [-0.2, -0.15) is 0 Å². The van der Waals surface area contributed by atoms with Crippen LogP contribution in [-0.2, 0) is 0 Å². The van der Waals surface area contributed by atoms with Gasteiger partial charge in [-0.3, -0.25) is 9.59 Å². The van der Waals surface area contributed by atoms with E-state index in [1.165, 1.54) is 24.3 Å². The van der Waals surface area contributed by atoms with Crippen molar-refractivity contribution in [2.24, 2.45) is 0 Å². The lowest BCUT2D eigenvalue weighted by molar-refractivity contribution is 0.0496. The van der Waals surface area contributed by atoms with E-state index in [9.17, 15) is 14.0 Å². The maximum Gasteiger partial charge on any atom is 0.270 e. The van der Waals surface area contributed by atoms with Crippen molar-refractivity contribution in [3.63, 3.8) is 0 Å². The average molecular weight is 260 g/mol. The Bertz CT molecular complexity index is 723. The van der Waals surface area contributed by atoms with Crippen LogP contribution < -0.4 is 5.43 Å². The third-order valence-electron chi connectivity index (χ3n) is 3.63. The van der Waals surface area contributed by atoms with E-state index in [-0.39, 0.29) is 34.0 Å². The summed E-state index contributed by atoms with van der Waals surface area (Å²) in [5.74, 6) is -0.776. The predicted molar refractivity (Wildman–Crippen MR) is 69.6 cm³/mol. The van der Waals surface area contributed by atoms with Gasteiger partial charge in [0.05, 0.1) is 5.52 Å². The Hall–Kier alpha value is -2.17. The third-order valence-corrected chi connectivity index (χ3v) is 3.63. The molecule has 1 aliphatic heterocycles. The minimum absolute atomic E-state index is 0.0894. The molecule has 0 radical (unpaired) electrons. The first-order valence-corrected chi connectivity index (χ1v) is 6.20.